The third kappa shape index (κ3) is 4.10. The molecule has 0 aliphatic heterocycles. The largest absolute Gasteiger partial charge is 0.365 e. The van der Waals surface area contributed by atoms with Gasteiger partial charge in [0.15, 0.2) is 0 Å². The molecule has 4 aromatic rings. The Balaban J connectivity index is 1.73. The first-order valence-electron chi connectivity index (χ1n) is 9.16. The smallest absolute Gasteiger partial charge is 0.132 e. The highest BCUT2D eigenvalue weighted by molar-refractivity contribution is 6.30. The Morgan fingerprint density at radius 2 is 1.36 bits per heavy atom. The van der Waals surface area contributed by atoms with Gasteiger partial charge in [0.1, 0.15) is 5.82 Å². The van der Waals surface area contributed by atoms with Gasteiger partial charge in [0.05, 0.1) is 5.69 Å². The molecule has 28 heavy (non-hydrogen) atoms. The molecule has 2 nitrogen and oxygen atoms in total. The molecule has 0 spiro atoms. The number of halogens is 2. The predicted molar refractivity (Wildman–Crippen MR) is 114 cm³/mol. The lowest BCUT2D eigenvalue weighted by Crippen LogP contribution is -2.22. The first-order chi connectivity index (χ1) is 13.7. The number of H-pyrrole nitrogens is 1. The van der Waals surface area contributed by atoms with Gasteiger partial charge >= 0.3 is 0 Å². The van der Waals surface area contributed by atoms with Gasteiger partial charge in [0.2, 0.25) is 0 Å². The van der Waals surface area contributed by atoms with E-state index in [2.05, 4.69) is 34.1 Å². The van der Waals surface area contributed by atoms with E-state index in [9.17, 15) is 4.39 Å². The summed E-state index contributed by atoms with van der Waals surface area (Å²) in [6.45, 7) is 1.44. The van der Waals surface area contributed by atoms with E-state index in [-0.39, 0.29) is 5.82 Å². The summed E-state index contributed by atoms with van der Waals surface area (Å²) in [7, 11) is 0. The second-order valence-electron chi connectivity index (χ2n) is 6.71. The van der Waals surface area contributed by atoms with Gasteiger partial charge in [-0.15, -0.1) is 0 Å². The minimum atomic E-state index is -0.326. The summed E-state index contributed by atoms with van der Waals surface area (Å²) in [5.74, 6) is -0.326. The molecule has 1 N–H and O–H groups in total. The third-order valence-corrected chi connectivity index (χ3v) is 4.95. The Labute approximate surface area is 169 Å². The van der Waals surface area contributed by atoms with E-state index in [0.717, 1.165) is 24.3 Å². The molecular weight excluding hydrogens is 371 g/mol. The van der Waals surface area contributed by atoms with Crippen molar-refractivity contribution in [2.24, 2.45) is 0 Å². The van der Waals surface area contributed by atoms with Gasteiger partial charge in [-0.3, -0.25) is 0 Å². The zero-order valence-electron chi connectivity index (χ0n) is 15.3. The molecule has 0 atom stereocenters. The molecular formula is C24H20ClFN2. The highest BCUT2D eigenvalue weighted by Crippen LogP contribution is 2.35. The van der Waals surface area contributed by atoms with Crippen LogP contribution in [0.5, 0.6) is 0 Å². The normalized spacial score (nSPS) is 10.8. The molecule has 0 aliphatic rings. The maximum absolute atomic E-state index is 14.6. The van der Waals surface area contributed by atoms with Crippen molar-refractivity contribution in [2.45, 2.75) is 13.1 Å². The molecule has 0 aliphatic carbocycles. The van der Waals surface area contributed by atoms with E-state index in [1.165, 1.54) is 17.2 Å². The van der Waals surface area contributed by atoms with Crippen LogP contribution in [0.15, 0.2) is 91.3 Å². The highest BCUT2D eigenvalue weighted by Gasteiger charge is 2.17. The summed E-state index contributed by atoms with van der Waals surface area (Å²) in [4.78, 5) is 5.40. The van der Waals surface area contributed by atoms with Crippen molar-refractivity contribution >= 4 is 17.3 Å². The summed E-state index contributed by atoms with van der Waals surface area (Å²) >= 11 is 5.94. The van der Waals surface area contributed by atoms with Crippen LogP contribution in [0.4, 0.5) is 10.1 Å². The van der Waals surface area contributed by atoms with Gasteiger partial charge in [-0.25, -0.2) is 4.39 Å². The van der Waals surface area contributed by atoms with Crippen molar-refractivity contribution in [3.05, 3.63) is 113 Å². The molecule has 0 bridgehead atoms. The lowest BCUT2D eigenvalue weighted by atomic mass is 10.1. The van der Waals surface area contributed by atoms with Crippen LogP contribution in [0.25, 0.3) is 11.1 Å². The average Bonchev–Trinajstić information content (AvgIpc) is 3.18. The number of benzene rings is 3. The molecule has 4 rings (SSSR count). The second kappa shape index (κ2) is 8.32. The number of hydrogen-bond acceptors (Lipinski definition) is 1. The quantitative estimate of drug-likeness (QED) is 0.389. The Hall–Kier alpha value is -3.04. The van der Waals surface area contributed by atoms with E-state index >= 15 is 0 Å². The van der Waals surface area contributed by atoms with Crippen molar-refractivity contribution in [3.8, 4) is 11.1 Å². The SMILES string of the molecule is Fc1cc(Cl)ccc1-c1c[nH]cc1N(Cc1ccccc1)Cc1ccccc1. The number of aromatic nitrogens is 1. The Bertz CT molecular complexity index is 1000. The monoisotopic (exact) mass is 390 g/mol. The van der Waals surface area contributed by atoms with E-state index in [0.29, 0.717) is 10.6 Å². The second-order valence-corrected chi connectivity index (χ2v) is 7.14. The van der Waals surface area contributed by atoms with E-state index in [1.54, 1.807) is 12.1 Å². The van der Waals surface area contributed by atoms with Gasteiger partial charge in [-0.2, -0.15) is 0 Å². The molecule has 3 aromatic carbocycles. The van der Waals surface area contributed by atoms with E-state index in [4.69, 9.17) is 11.6 Å². The number of hydrogen-bond donors (Lipinski definition) is 1. The van der Waals surface area contributed by atoms with Crippen molar-refractivity contribution in [2.75, 3.05) is 4.90 Å². The van der Waals surface area contributed by atoms with Crippen LogP contribution in [-0.2, 0) is 13.1 Å². The van der Waals surface area contributed by atoms with Gasteiger partial charge < -0.3 is 9.88 Å². The Kier molecular flexibility index (Phi) is 5.45. The van der Waals surface area contributed by atoms with Crippen LogP contribution < -0.4 is 4.90 Å². The summed E-state index contributed by atoms with van der Waals surface area (Å²) in [6, 6.07) is 25.4. The summed E-state index contributed by atoms with van der Waals surface area (Å²) in [5, 5.41) is 0.392. The van der Waals surface area contributed by atoms with Gasteiger partial charge in [-0.05, 0) is 29.3 Å². The lowest BCUT2D eigenvalue weighted by molar-refractivity contribution is 0.631. The topological polar surface area (TPSA) is 19.0 Å². The number of rotatable bonds is 6. The number of nitrogens with one attached hydrogen (secondary N) is 1. The molecule has 0 radical (unpaired) electrons. The molecule has 0 fully saturated rings. The number of nitrogens with zero attached hydrogens (tertiary/aromatic N) is 1. The van der Waals surface area contributed by atoms with Crippen molar-refractivity contribution in [1.82, 2.24) is 4.98 Å². The minimum absolute atomic E-state index is 0.326. The fourth-order valence-corrected chi connectivity index (χ4v) is 3.53. The molecule has 4 heteroatoms. The van der Waals surface area contributed by atoms with Crippen LogP contribution in [0.3, 0.4) is 0 Å². The molecule has 1 aromatic heterocycles. The molecule has 0 unspecified atom stereocenters. The molecule has 0 saturated heterocycles. The zero-order chi connectivity index (χ0) is 19.3. The minimum Gasteiger partial charge on any atom is -0.365 e. The summed E-state index contributed by atoms with van der Waals surface area (Å²) in [6.07, 6.45) is 3.76. The maximum atomic E-state index is 14.6. The highest BCUT2D eigenvalue weighted by atomic mass is 35.5. The lowest BCUT2D eigenvalue weighted by Gasteiger charge is -2.26. The molecule has 140 valence electrons. The zero-order valence-corrected chi connectivity index (χ0v) is 16.0. The average molecular weight is 391 g/mol. The fourth-order valence-electron chi connectivity index (χ4n) is 3.37. The van der Waals surface area contributed by atoms with E-state index < -0.39 is 0 Å². The van der Waals surface area contributed by atoms with Crippen molar-refractivity contribution in [3.63, 3.8) is 0 Å². The standard InChI is InChI=1S/C24H20ClFN2/c25-20-11-12-21(23(26)13-20)22-14-27-15-24(22)28(16-18-7-3-1-4-8-18)17-19-9-5-2-6-10-19/h1-15,27H,16-17H2. The van der Waals surface area contributed by atoms with Crippen LogP contribution in [0, 0.1) is 5.82 Å². The first-order valence-corrected chi connectivity index (χ1v) is 9.53. The van der Waals surface area contributed by atoms with Crippen LogP contribution in [0.1, 0.15) is 11.1 Å². The van der Waals surface area contributed by atoms with Crippen LogP contribution in [0.2, 0.25) is 5.02 Å². The maximum Gasteiger partial charge on any atom is 0.132 e. The van der Waals surface area contributed by atoms with Gasteiger partial charge in [-0.1, -0.05) is 72.3 Å². The Morgan fingerprint density at radius 3 is 1.93 bits per heavy atom. The summed E-state index contributed by atoms with van der Waals surface area (Å²) in [5.41, 5.74) is 4.70. The van der Waals surface area contributed by atoms with Crippen LogP contribution in [-0.4, -0.2) is 4.98 Å². The predicted octanol–water partition coefficient (Wildman–Crippen LogP) is 6.68. The molecule has 0 saturated carbocycles. The summed E-state index contributed by atoms with van der Waals surface area (Å²) < 4.78 is 14.6. The third-order valence-electron chi connectivity index (χ3n) is 4.72. The fraction of sp³-hybridized carbons (Fsp3) is 0.0833. The van der Waals surface area contributed by atoms with Crippen molar-refractivity contribution in [1.29, 1.82) is 0 Å². The van der Waals surface area contributed by atoms with Gasteiger partial charge in [0, 0.05) is 41.6 Å². The molecule has 0 amide bonds. The first kappa shape index (κ1) is 18.3. The number of anilines is 1. The van der Waals surface area contributed by atoms with Gasteiger partial charge in [0.25, 0.3) is 0 Å². The van der Waals surface area contributed by atoms with Crippen molar-refractivity contribution < 1.29 is 4.39 Å². The molecule has 1 heterocycles. The van der Waals surface area contributed by atoms with Crippen LogP contribution >= 0.6 is 11.6 Å². The van der Waals surface area contributed by atoms with E-state index in [1.807, 2.05) is 48.8 Å². The Morgan fingerprint density at radius 1 is 0.750 bits per heavy atom. The number of aromatic amines is 1.